The third kappa shape index (κ3) is 1.94. The molecule has 1 nitrogen and oxygen atoms in total. The first-order valence-electron chi connectivity index (χ1n) is 4.33. The van der Waals surface area contributed by atoms with Gasteiger partial charge in [-0.1, -0.05) is 27.5 Å². The highest BCUT2D eigenvalue weighted by molar-refractivity contribution is 9.10. The number of nitriles is 1. The molecule has 1 rings (SSSR count). The Morgan fingerprint density at radius 1 is 1.43 bits per heavy atom. The zero-order valence-corrected chi connectivity index (χ0v) is 10.7. The predicted octanol–water partition coefficient (Wildman–Crippen LogP) is 4.35. The normalized spacial score (nSPS) is 12.3. The van der Waals surface area contributed by atoms with Gasteiger partial charge in [0, 0.05) is 9.50 Å². The third-order valence-electron chi connectivity index (χ3n) is 2.39. The number of halogens is 2. The average molecular weight is 273 g/mol. The second-order valence-electron chi connectivity index (χ2n) is 3.36. The molecule has 0 radical (unpaired) electrons. The zero-order chi connectivity index (χ0) is 10.9. The van der Waals surface area contributed by atoms with E-state index in [9.17, 15) is 0 Å². The van der Waals surface area contributed by atoms with Crippen LogP contribution in [0.3, 0.4) is 0 Å². The van der Waals surface area contributed by atoms with Gasteiger partial charge in [-0.05, 0) is 43.5 Å². The number of hydrogen-bond acceptors (Lipinski definition) is 1. The Morgan fingerprint density at radius 3 is 2.50 bits per heavy atom. The topological polar surface area (TPSA) is 23.8 Å². The third-order valence-corrected chi connectivity index (χ3v) is 3.97. The average Bonchev–Trinajstić information content (AvgIpc) is 2.19. The van der Waals surface area contributed by atoms with Gasteiger partial charge in [0.25, 0.3) is 0 Å². The van der Waals surface area contributed by atoms with Crippen LogP contribution >= 0.6 is 27.5 Å². The fourth-order valence-corrected chi connectivity index (χ4v) is 2.15. The Balaban J connectivity index is 3.42. The van der Waals surface area contributed by atoms with Crippen molar-refractivity contribution >= 4 is 27.5 Å². The molecule has 3 heteroatoms. The maximum Gasteiger partial charge on any atom is 0.0701 e. The van der Waals surface area contributed by atoms with E-state index < -0.39 is 0 Å². The summed E-state index contributed by atoms with van der Waals surface area (Å²) >= 11 is 9.54. The highest BCUT2D eigenvalue weighted by Gasteiger charge is 2.13. The van der Waals surface area contributed by atoms with Gasteiger partial charge in [0.05, 0.1) is 12.0 Å². The van der Waals surface area contributed by atoms with Crippen molar-refractivity contribution in [2.75, 3.05) is 0 Å². The minimum Gasteiger partial charge on any atom is -0.198 e. The van der Waals surface area contributed by atoms with E-state index in [1.54, 1.807) is 0 Å². The van der Waals surface area contributed by atoms with Gasteiger partial charge in [0.1, 0.15) is 0 Å². The van der Waals surface area contributed by atoms with E-state index in [1.165, 1.54) is 0 Å². The molecule has 0 saturated heterocycles. The summed E-state index contributed by atoms with van der Waals surface area (Å²) < 4.78 is 1.00. The van der Waals surface area contributed by atoms with Crippen molar-refractivity contribution in [1.29, 1.82) is 5.26 Å². The SMILES string of the molecule is Cc1c(Cl)cc(C(C)C#N)c(C)c1Br. The Kier molecular flexibility index (Phi) is 3.58. The van der Waals surface area contributed by atoms with Crippen molar-refractivity contribution in [3.8, 4) is 6.07 Å². The van der Waals surface area contributed by atoms with Gasteiger partial charge in [0.15, 0.2) is 0 Å². The van der Waals surface area contributed by atoms with Gasteiger partial charge in [-0.2, -0.15) is 5.26 Å². The molecule has 1 aromatic rings. The van der Waals surface area contributed by atoms with Crippen LogP contribution in [0.25, 0.3) is 0 Å². The van der Waals surface area contributed by atoms with E-state index in [0.29, 0.717) is 5.02 Å². The van der Waals surface area contributed by atoms with Crippen molar-refractivity contribution in [3.05, 3.63) is 32.3 Å². The predicted molar refractivity (Wildman–Crippen MR) is 62.7 cm³/mol. The largest absolute Gasteiger partial charge is 0.198 e. The van der Waals surface area contributed by atoms with Crippen molar-refractivity contribution in [3.63, 3.8) is 0 Å². The summed E-state index contributed by atoms with van der Waals surface area (Å²) in [6, 6.07) is 4.10. The minimum atomic E-state index is -0.121. The van der Waals surface area contributed by atoms with Crippen molar-refractivity contribution in [2.24, 2.45) is 0 Å². The number of hydrogen-bond donors (Lipinski definition) is 0. The van der Waals surface area contributed by atoms with Crippen LogP contribution in [0.5, 0.6) is 0 Å². The molecule has 0 N–H and O–H groups in total. The van der Waals surface area contributed by atoms with Crippen LogP contribution in [0.15, 0.2) is 10.5 Å². The summed E-state index contributed by atoms with van der Waals surface area (Å²) in [6.07, 6.45) is 0. The quantitative estimate of drug-likeness (QED) is 0.746. The molecule has 1 unspecified atom stereocenters. The molecule has 0 aliphatic heterocycles. The smallest absolute Gasteiger partial charge is 0.0701 e. The maximum absolute atomic E-state index is 8.86. The van der Waals surface area contributed by atoms with E-state index in [4.69, 9.17) is 16.9 Å². The lowest BCUT2D eigenvalue weighted by molar-refractivity contribution is 0.961. The fourth-order valence-electron chi connectivity index (χ4n) is 1.39. The lowest BCUT2D eigenvalue weighted by atomic mass is 9.96. The molecule has 0 aromatic heterocycles. The summed E-state index contributed by atoms with van der Waals surface area (Å²) in [5.41, 5.74) is 3.12. The molecule has 0 amide bonds. The van der Waals surface area contributed by atoms with Crippen LogP contribution in [-0.4, -0.2) is 0 Å². The van der Waals surface area contributed by atoms with Gasteiger partial charge in [-0.15, -0.1) is 0 Å². The summed E-state index contributed by atoms with van der Waals surface area (Å²) in [6.45, 7) is 5.83. The molecule has 0 spiro atoms. The van der Waals surface area contributed by atoms with Gasteiger partial charge >= 0.3 is 0 Å². The van der Waals surface area contributed by atoms with Gasteiger partial charge < -0.3 is 0 Å². The van der Waals surface area contributed by atoms with Crippen LogP contribution in [0, 0.1) is 25.2 Å². The van der Waals surface area contributed by atoms with Crippen molar-refractivity contribution in [2.45, 2.75) is 26.7 Å². The van der Waals surface area contributed by atoms with E-state index in [-0.39, 0.29) is 5.92 Å². The minimum absolute atomic E-state index is 0.121. The van der Waals surface area contributed by atoms with Gasteiger partial charge in [-0.3, -0.25) is 0 Å². The molecule has 0 aliphatic carbocycles. The standard InChI is InChI=1S/C11H11BrClN/c1-6(5-14)9-4-10(13)8(3)11(12)7(9)2/h4,6H,1-3H3. The van der Waals surface area contributed by atoms with Crippen molar-refractivity contribution in [1.82, 2.24) is 0 Å². The molecule has 1 aromatic carbocycles. The lowest BCUT2D eigenvalue weighted by Gasteiger charge is -2.13. The second kappa shape index (κ2) is 4.33. The molecule has 1 atom stereocenters. The summed E-state index contributed by atoms with van der Waals surface area (Å²) in [4.78, 5) is 0. The monoisotopic (exact) mass is 271 g/mol. The molecule has 0 heterocycles. The molecule has 0 aliphatic rings. The summed E-state index contributed by atoms with van der Waals surface area (Å²) in [7, 11) is 0. The molecule has 0 bridgehead atoms. The van der Waals surface area contributed by atoms with E-state index in [2.05, 4.69) is 22.0 Å². The Labute approximate surface area is 97.8 Å². The molecule has 0 saturated carbocycles. The van der Waals surface area contributed by atoms with Gasteiger partial charge in [0.2, 0.25) is 0 Å². The Bertz CT molecular complexity index is 407. The first-order chi connectivity index (χ1) is 6.49. The van der Waals surface area contributed by atoms with Crippen molar-refractivity contribution < 1.29 is 0 Å². The molecular formula is C11H11BrClN. The van der Waals surface area contributed by atoms with E-state index >= 15 is 0 Å². The highest BCUT2D eigenvalue weighted by atomic mass is 79.9. The number of nitrogens with zero attached hydrogens (tertiary/aromatic N) is 1. The number of rotatable bonds is 1. The maximum atomic E-state index is 8.86. The fraction of sp³-hybridized carbons (Fsp3) is 0.364. The van der Waals surface area contributed by atoms with Crippen LogP contribution in [-0.2, 0) is 0 Å². The molecular weight excluding hydrogens is 261 g/mol. The zero-order valence-electron chi connectivity index (χ0n) is 8.36. The molecule has 14 heavy (non-hydrogen) atoms. The van der Waals surface area contributed by atoms with E-state index in [0.717, 1.165) is 21.2 Å². The van der Waals surface area contributed by atoms with Gasteiger partial charge in [-0.25, -0.2) is 0 Å². The Morgan fingerprint density at radius 2 is 2.00 bits per heavy atom. The van der Waals surface area contributed by atoms with Crippen LogP contribution in [0.4, 0.5) is 0 Å². The lowest BCUT2D eigenvalue weighted by Crippen LogP contribution is -1.96. The summed E-state index contributed by atoms with van der Waals surface area (Å²) in [5, 5.41) is 9.56. The van der Waals surface area contributed by atoms with Crippen LogP contribution in [0.1, 0.15) is 29.5 Å². The first kappa shape index (κ1) is 11.6. The van der Waals surface area contributed by atoms with E-state index in [1.807, 2.05) is 26.8 Å². The number of benzene rings is 1. The highest BCUT2D eigenvalue weighted by Crippen LogP contribution is 2.33. The summed E-state index contributed by atoms with van der Waals surface area (Å²) in [5.74, 6) is -0.121. The molecule has 74 valence electrons. The first-order valence-corrected chi connectivity index (χ1v) is 5.50. The van der Waals surface area contributed by atoms with Crippen LogP contribution in [0.2, 0.25) is 5.02 Å². The Hall–Kier alpha value is -0.520. The van der Waals surface area contributed by atoms with Crippen LogP contribution < -0.4 is 0 Å². The second-order valence-corrected chi connectivity index (χ2v) is 4.56. The molecule has 0 fully saturated rings.